The van der Waals surface area contributed by atoms with Crippen molar-refractivity contribution in [2.75, 3.05) is 34.4 Å². The van der Waals surface area contributed by atoms with Gasteiger partial charge in [-0.25, -0.2) is 92.6 Å². The van der Waals surface area contributed by atoms with Crippen LogP contribution in [0.5, 0.6) is 0 Å². The van der Waals surface area contributed by atoms with E-state index in [9.17, 15) is 76.7 Å². The van der Waals surface area contributed by atoms with Gasteiger partial charge in [-0.15, -0.1) is 0 Å². The van der Waals surface area contributed by atoms with Gasteiger partial charge >= 0.3 is 0 Å². The summed E-state index contributed by atoms with van der Waals surface area (Å²) in [4.78, 5) is 99.8. The summed E-state index contributed by atoms with van der Waals surface area (Å²) in [6, 6.07) is 20.1. The van der Waals surface area contributed by atoms with Gasteiger partial charge in [0.1, 0.15) is 94.4 Å². The van der Waals surface area contributed by atoms with Crippen LogP contribution in [0.4, 0.5) is 76.0 Å². The summed E-state index contributed by atoms with van der Waals surface area (Å²) >= 11 is 0. The number of pyridine rings is 4. The smallest absolute Gasteiger partial charge is 0.266 e. The number of nitrogens with zero attached hydrogens (tertiary/aromatic N) is 13. The SMILES string of the molecule is CC(=O)N1CC=C(c2cc3c(N[C@H](C)c4cccc(C(F)F)c4F)ncnc3n(C)c2=O)CC1.C[C@@H](Nc1ncnc2c1cc(C1=CCCCC1)c(=O)n2C)c1cccc(C(F)F)c1F.C[C@@H](Nc1ncnc2c1cc(C1=C[C@@H]3CCC[C@H](C1)O3)c(=O)n2C)c1cccc(C(F)F)c1F.C[C@@H](Nc1ncnc2c1cc(C1=C[C@H]3CCC[C@@H](C1)O3)c(=O)n2C)c1cccc(C(F)F)c1F. The van der Waals surface area contributed by atoms with Crippen molar-refractivity contribution in [1.29, 1.82) is 0 Å². The molecule has 2 saturated heterocycles. The molecule has 12 aromatic rings. The van der Waals surface area contributed by atoms with E-state index in [1.54, 1.807) is 85.1 Å². The molecule has 2 fully saturated rings. The fourth-order valence-electron chi connectivity index (χ4n) is 18.0. The van der Waals surface area contributed by atoms with Crippen molar-refractivity contribution in [3.63, 3.8) is 0 Å². The van der Waals surface area contributed by atoms with E-state index >= 15 is 0 Å². The average molecular weight is 1840 g/mol. The van der Waals surface area contributed by atoms with Crippen LogP contribution in [0.15, 0.2) is 166 Å². The van der Waals surface area contributed by atoms with Gasteiger partial charge in [-0.05, 0) is 158 Å². The molecule has 696 valence electrons. The normalized spacial score (nSPS) is 18.1. The number of allylic oxidation sites excluding steroid dienone is 2. The van der Waals surface area contributed by atoms with Crippen molar-refractivity contribution in [3.05, 3.63) is 278 Å². The molecule has 18 rings (SSSR count). The number of halogens is 12. The van der Waals surface area contributed by atoms with Gasteiger partial charge < -0.3 is 35.6 Å². The van der Waals surface area contributed by atoms with Crippen LogP contribution in [-0.4, -0.2) is 106 Å². The third-order valence-electron chi connectivity index (χ3n) is 25.2. The molecule has 0 saturated carbocycles. The summed E-state index contributed by atoms with van der Waals surface area (Å²) in [5, 5.41) is 14.8. The van der Waals surface area contributed by atoms with Crippen LogP contribution in [0, 0.1) is 23.3 Å². The van der Waals surface area contributed by atoms with Crippen molar-refractivity contribution < 1.29 is 67.0 Å². The summed E-state index contributed by atoms with van der Waals surface area (Å²) in [7, 11) is 6.57. The van der Waals surface area contributed by atoms with Crippen LogP contribution in [0.25, 0.3) is 66.4 Å². The second-order valence-electron chi connectivity index (χ2n) is 33.9. The molecule has 13 heterocycles. The largest absolute Gasteiger partial charge is 0.371 e. The van der Waals surface area contributed by atoms with Gasteiger partial charge in [-0.2, -0.15) is 0 Å². The van der Waals surface area contributed by atoms with Gasteiger partial charge in [0.2, 0.25) is 5.91 Å². The Morgan fingerprint density at radius 1 is 0.383 bits per heavy atom. The van der Waals surface area contributed by atoms with Gasteiger partial charge in [-0.1, -0.05) is 97.1 Å². The molecule has 0 spiro atoms. The molecule has 24 nitrogen and oxygen atoms in total. The van der Waals surface area contributed by atoms with Gasteiger partial charge in [0.05, 0.1) is 92.4 Å². The molecule has 4 bridgehead atoms. The number of carbonyl (C=O) groups is 1. The Balaban J connectivity index is 0.000000135. The number of hydrogen-bond acceptors (Lipinski definition) is 19. The number of ether oxygens (including phenoxy) is 2. The van der Waals surface area contributed by atoms with Crippen LogP contribution in [0.1, 0.15) is 235 Å². The van der Waals surface area contributed by atoms with Crippen LogP contribution >= 0.6 is 0 Å². The van der Waals surface area contributed by atoms with Crippen LogP contribution in [-0.2, 0) is 42.5 Å². The van der Waals surface area contributed by atoms with Gasteiger partial charge in [0.25, 0.3) is 47.9 Å². The Hall–Kier alpha value is -13.3. The second-order valence-corrected chi connectivity index (χ2v) is 33.9. The number of aromatic nitrogens is 12. The maximum absolute atomic E-state index is 14.7. The molecule has 8 aromatic heterocycles. The fraction of sp³-hybridized carbons (Fsp3) is 0.371. The first-order valence-corrected chi connectivity index (χ1v) is 43.8. The zero-order chi connectivity index (χ0) is 94.7. The Morgan fingerprint density at radius 2 is 0.677 bits per heavy atom. The minimum Gasteiger partial charge on any atom is -0.371 e. The van der Waals surface area contributed by atoms with Crippen molar-refractivity contribution in [2.24, 2.45) is 28.2 Å². The maximum atomic E-state index is 14.7. The van der Waals surface area contributed by atoms with E-state index in [4.69, 9.17) is 9.47 Å². The number of amides is 1. The highest BCUT2D eigenvalue weighted by atomic mass is 19.3. The molecule has 0 unspecified atom stereocenters. The van der Waals surface area contributed by atoms with E-state index in [0.29, 0.717) is 122 Å². The van der Waals surface area contributed by atoms with Crippen molar-refractivity contribution in [3.8, 4) is 0 Å². The molecule has 5 aliphatic heterocycles. The molecular weight excluding hydrogens is 1740 g/mol. The molecule has 1 amide bonds. The summed E-state index contributed by atoms with van der Waals surface area (Å²) < 4.78 is 182. The Morgan fingerprint density at radius 3 is 0.940 bits per heavy atom. The molecule has 1 aliphatic carbocycles. The monoisotopic (exact) mass is 1840 g/mol. The number of alkyl halides is 8. The van der Waals surface area contributed by atoms with Crippen molar-refractivity contribution in [1.82, 2.24) is 63.0 Å². The Kier molecular flexibility index (Phi) is 28.7. The number of aryl methyl sites for hydroxylation is 4. The molecule has 8 atom stereocenters. The van der Waals surface area contributed by atoms with Gasteiger partial charge in [0.15, 0.2) is 0 Å². The first-order chi connectivity index (χ1) is 63.7. The fourth-order valence-corrected chi connectivity index (χ4v) is 18.0. The van der Waals surface area contributed by atoms with Crippen LogP contribution in [0.3, 0.4) is 0 Å². The standard InChI is InChI=1S/2C25H25F3N4O2.C24H24F3N5O2.C23H23F3N4O/c2*1-13(17-7-4-8-18(21(17)26)22(27)28)31-23-20-11-19(25(33)32(2)24(20)30-12-29-23)14-9-15-5-3-6-16(10-14)34-15;1-13(16-5-4-6-17(20(16)25)21(26)27)30-22-19-11-18(15-7-9-32(10-8-15)14(2)33)24(34)31(3)23(19)29-12-28-22;1-13(15-9-6-10-16(19(15)24)20(25)26)29-21-18-11-17(14-7-4-3-5-8-14)23(31)30(2)22(18)28-12-27-21/h2*4,7-9,11-13,15-16,22H,3,5-6,10H2,1-2H3,(H,29,30,31);4-7,11-13,21H,8-10H2,1-3H3,(H,28,29,30);6-7,9-13,20H,3-5,8H2,1-2H3,(H,27,28,29)/t13-,15+,16-;13-,15-,16+;2*13-/m1111/s1. The predicted octanol–water partition coefficient (Wildman–Crippen LogP) is 20.4. The lowest BCUT2D eigenvalue weighted by molar-refractivity contribution is -0.128. The zero-order valence-corrected chi connectivity index (χ0v) is 74.1. The number of hydrogen-bond donors (Lipinski definition) is 4. The summed E-state index contributed by atoms with van der Waals surface area (Å²) in [6.45, 7) is 9.09. The average Bonchev–Trinajstić information content (AvgIpc) is 0.778. The third kappa shape index (κ3) is 20.0. The second kappa shape index (κ2) is 40.5. The Labute approximate surface area is 755 Å². The highest BCUT2D eigenvalue weighted by molar-refractivity contribution is 5.93. The van der Waals surface area contributed by atoms with Crippen molar-refractivity contribution >= 4 is 95.6 Å². The van der Waals surface area contributed by atoms with Crippen LogP contribution < -0.4 is 43.5 Å². The highest BCUT2D eigenvalue weighted by Gasteiger charge is 2.34. The van der Waals surface area contributed by atoms with E-state index in [0.717, 1.165) is 111 Å². The quantitative estimate of drug-likeness (QED) is 0.0516. The highest BCUT2D eigenvalue weighted by Crippen LogP contribution is 2.42. The lowest BCUT2D eigenvalue weighted by atomic mass is 9.89. The lowest BCUT2D eigenvalue weighted by Crippen LogP contribution is -2.33. The number of nitrogens with one attached hydrogen (secondary N) is 4. The number of carbonyl (C=O) groups excluding carboxylic acids is 1. The molecular formula is C97H97F12N17O7. The van der Waals surface area contributed by atoms with E-state index in [1.807, 2.05) is 18.2 Å². The van der Waals surface area contributed by atoms with Crippen molar-refractivity contribution in [2.45, 2.75) is 192 Å². The number of benzene rings is 4. The first kappa shape index (κ1) is 94.4. The van der Waals surface area contributed by atoms with E-state index in [2.05, 4.69) is 67.2 Å². The predicted molar refractivity (Wildman–Crippen MR) is 484 cm³/mol. The van der Waals surface area contributed by atoms with E-state index in [1.165, 1.54) is 99.0 Å². The zero-order valence-electron chi connectivity index (χ0n) is 74.1. The number of fused-ring (bicyclic) bond motifs is 8. The van der Waals surface area contributed by atoms with Gasteiger partial charge in [0, 0.05) is 92.7 Å². The molecule has 4 aromatic carbocycles. The minimum absolute atomic E-state index is 0.0117. The maximum Gasteiger partial charge on any atom is 0.266 e. The summed E-state index contributed by atoms with van der Waals surface area (Å²) in [5.74, 6) is -2.27. The molecule has 4 N–H and O–H groups in total. The topological polar surface area (TPSA) is 278 Å². The van der Waals surface area contributed by atoms with Crippen LogP contribution in [0.2, 0.25) is 0 Å². The van der Waals surface area contributed by atoms with E-state index < -0.39 is 95.4 Å². The minimum atomic E-state index is -2.92. The summed E-state index contributed by atoms with van der Waals surface area (Å²) in [6.07, 6.45) is 13.6. The summed E-state index contributed by atoms with van der Waals surface area (Å²) in [5.41, 5.74) is 4.73. The number of rotatable bonds is 20. The van der Waals surface area contributed by atoms with Gasteiger partial charge in [-0.3, -0.25) is 42.2 Å². The first-order valence-electron chi connectivity index (χ1n) is 43.8. The molecule has 36 heteroatoms. The number of anilines is 4. The molecule has 6 aliphatic rings. The lowest BCUT2D eigenvalue weighted by Gasteiger charge is -2.34. The molecule has 0 radical (unpaired) electrons. The Bertz CT molecular complexity index is 6660. The third-order valence-corrected chi connectivity index (χ3v) is 25.2. The molecule has 133 heavy (non-hydrogen) atoms. The van der Waals surface area contributed by atoms with E-state index in [-0.39, 0.29) is 74.8 Å².